The van der Waals surface area contributed by atoms with Crippen LogP contribution in [0.3, 0.4) is 0 Å². The molecule has 466 valence electrons. The first-order valence-electron chi connectivity index (χ1n) is 35.8. The van der Waals surface area contributed by atoms with Crippen LogP contribution in [0.15, 0.2) is 36.5 Å². The molecule has 0 aliphatic rings. The molecule has 0 rings (SSSR count). The van der Waals surface area contributed by atoms with Crippen LogP contribution in [0.2, 0.25) is 0 Å². The second-order valence-corrected chi connectivity index (χ2v) is 24.6. The normalized spacial score (nSPS) is 12.7. The summed E-state index contributed by atoms with van der Waals surface area (Å²) in [5.74, 6) is -0.0540. The molecule has 0 fully saturated rings. The van der Waals surface area contributed by atoms with E-state index in [4.69, 9.17) is 4.74 Å². The van der Waals surface area contributed by atoms with Crippen molar-refractivity contribution in [2.24, 2.45) is 0 Å². The van der Waals surface area contributed by atoms with Gasteiger partial charge in [-0.1, -0.05) is 359 Å². The summed E-state index contributed by atoms with van der Waals surface area (Å²) in [6.07, 6.45) is 88.4. The van der Waals surface area contributed by atoms with Gasteiger partial charge in [0.2, 0.25) is 5.91 Å². The van der Waals surface area contributed by atoms with E-state index in [0.717, 1.165) is 51.4 Å². The molecule has 0 radical (unpaired) electrons. The molecular weight excluding hydrogens is 971 g/mol. The first-order chi connectivity index (χ1) is 39.0. The Morgan fingerprint density at radius 3 is 1.00 bits per heavy atom. The average Bonchev–Trinajstić information content (AvgIpc) is 3.45. The highest BCUT2D eigenvalue weighted by atomic mass is 16.5. The summed E-state index contributed by atoms with van der Waals surface area (Å²) in [6.45, 7) is 4.85. The highest BCUT2D eigenvalue weighted by molar-refractivity contribution is 5.76. The highest BCUT2D eigenvalue weighted by Gasteiger charge is 2.18. The van der Waals surface area contributed by atoms with Gasteiger partial charge in [-0.2, -0.15) is 0 Å². The minimum Gasteiger partial charge on any atom is -0.466 e. The van der Waals surface area contributed by atoms with Crippen LogP contribution in [-0.4, -0.2) is 47.4 Å². The third-order valence-electron chi connectivity index (χ3n) is 16.7. The fraction of sp³-hybridized carbons (Fsp3) is 0.890. The molecule has 0 spiro atoms. The molecule has 2 unspecified atom stereocenters. The molecule has 0 bridgehead atoms. The van der Waals surface area contributed by atoms with E-state index in [9.17, 15) is 19.8 Å². The molecule has 0 heterocycles. The van der Waals surface area contributed by atoms with Gasteiger partial charge in [0.1, 0.15) is 0 Å². The van der Waals surface area contributed by atoms with E-state index in [1.54, 1.807) is 6.08 Å². The second-order valence-electron chi connectivity index (χ2n) is 24.6. The Hall–Kier alpha value is -1.92. The van der Waals surface area contributed by atoms with Crippen molar-refractivity contribution in [2.45, 2.75) is 405 Å². The molecule has 1 amide bonds. The maximum absolute atomic E-state index is 12.4. The van der Waals surface area contributed by atoms with Crippen molar-refractivity contribution < 1.29 is 24.5 Å². The lowest BCUT2D eigenvalue weighted by Crippen LogP contribution is -2.45. The zero-order valence-electron chi connectivity index (χ0n) is 53.4. The number of esters is 1. The van der Waals surface area contributed by atoms with E-state index in [2.05, 4.69) is 43.5 Å². The number of allylic oxidation sites excluding steroid dienone is 5. The third kappa shape index (κ3) is 65.1. The standard InChI is InChI=1S/C73H139NO5/c1-3-5-7-9-11-13-14-15-44-47-51-55-59-63-67-73(78)79-68-64-60-56-52-48-45-42-40-38-36-34-32-30-28-26-24-22-20-18-16-17-19-21-23-25-27-29-31-33-35-37-39-41-43-46-50-54-58-62-66-72(77)74-70(69-75)71(76)65-61-57-53-49-12-10-8-6-4-2/h9,11,14-15,61,65,70-71,75-76H,3-8,10,12-13,16-60,62-64,66-69H2,1-2H3,(H,74,77)/b11-9-,15-14-,65-61+. The van der Waals surface area contributed by atoms with E-state index in [0.29, 0.717) is 19.4 Å². The molecule has 79 heavy (non-hydrogen) atoms. The van der Waals surface area contributed by atoms with E-state index >= 15 is 0 Å². The number of hydrogen-bond donors (Lipinski definition) is 3. The van der Waals surface area contributed by atoms with Gasteiger partial charge in [0, 0.05) is 12.8 Å². The smallest absolute Gasteiger partial charge is 0.305 e. The van der Waals surface area contributed by atoms with Gasteiger partial charge in [0.25, 0.3) is 0 Å². The van der Waals surface area contributed by atoms with E-state index < -0.39 is 12.1 Å². The number of carbonyl (C=O) groups excluding carboxylic acids is 2. The number of rotatable bonds is 67. The largest absolute Gasteiger partial charge is 0.466 e. The van der Waals surface area contributed by atoms with Crippen LogP contribution >= 0.6 is 0 Å². The number of hydrogen-bond acceptors (Lipinski definition) is 5. The van der Waals surface area contributed by atoms with Gasteiger partial charge in [-0.05, 0) is 57.8 Å². The predicted octanol–water partition coefficient (Wildman–Crippen LogP) is 23.1. The summed E-state index contributed by atoms with van der Waals surface area (Å²) < 4.78 is 5.49. The molecule has 6 nitrogen and oxygen atoms in total. The van der Waals surface area contributed by atoms with Gasteiger partial charge in [-0.15, -0.1) is 0 Å². The zero-order valence-corrected chi connectivity index (χ0v) is 53.4. The molecule has 0 saturated heterocycles. The highest BCUT2D eigenvalue weighted by Crippen LogP contribution is 2.19. The van der Waals surface area contributed by atoms with E-state index in [1.165, 1.54) is 315 Å². The average molecular weight is 1110 g/mol. The van der Waals surface area contributed by atoms with Crippen LogP contribution in [0, 0.1) is 0 Å². The number of amides is 1. The Bertz CT molecular complexity index is 1280. The molecule has 0 aromatic carbocycles. The van der Waals surface area contributed by atoms with Crippen LogP contribution in [0.1, 0.15) is 393 Å². The summed E-state index contributed by atoms with van der Waals surface area (Å²) in [7, 11) is 0. The molecule has 0 aromatic rings. The van der Waals surface area contributed by atoms with Crippen molar-refractivity contribution in [1.82, 2.24) is 5.32 Å². The fourth-order valence-corrected chi connectivity index (χ4v) is 11.2. The Morgan fingerprint density at radius 1 is 0.354 bits per heavy atom. The van der Waals surface area contributed by atoms with Gasteiger partial charge in [-0.25, -0.2) is 0 Å². The van der Waals surface area contributed by atoms with E-state index in [-0.39, 0.29) is 18.5 Å². The number of aliphatic hydroxyl groups is 2. The maximum Gasteiger partial charge on any atom is 0.305 e. The Balaban J connectivity index is 3.27. The monoisotopic (exact) mass is 1110 g/mol. The lowest BCUT2D eigenvalue weighted by molar-refractivity contribution is -0.143. The van der Waals surface area contributed by atoms with Gasteiger partial charge in [0.15, 0.2) is 0 Å². The first kappa shape index (κ1) is 77.1. The Morgan fingerprint density at radius 2 is 0.646 bits per heavy atom. The minimum absolute atomic E-state index is 0.00929. The molecule has 6 heteroatoms. The summed E-state index contributed by atoms with van der Waals surface area (Å²) in [5, 5.41) is 23.0. The van der Waals surface area contributed by atoms with Gasteiger partial charge >= 0.3 is 5.97 Å². The van der Waals surface area contributed by atoms with Crippen molar-refractivity contribution >= 4 is 11.9 Å². The summed E-state index contributed by atoms with van der Waals surface area (Å²) in [6, 6.07) is -0.621. The number of unbranched alkanes of at least 4 members (excludes halogenated alkanes) is 52. The lowest BCUT2D eigenvalue weighted by atomic mass is 10.0. The first-order valence-corrected chi connectivity index (χ1v) is 35.8. The van der Waals surface area contributed by atoms with Crippen molar-refractivity contribution in [2.75, 3.05) is 13.2 Å². The number of aliphatic hydroxyl groups excluding tert-OH is 2. The molecule has 0 aliphatic heterocycles. The van der Waals surface area contributed by atoms with Crippen LogP contribution < -0.4 is 5.32 Å². The summed E-state index contributed by atoms with van der Waals surface area (Å²) >= 11 is 0. The topological polar surface area (TPSA) is 95.9 Å². The van der Waals surface area contributed by atoms with Crippen molar-refractivity contribution in [3.8, 4) is 0 Å². The Labute approximate surface area is 494 Å². The van der Waals surface area contributed by atoms with Crippen LogP contribution in [0.5, 0.6) is 0 Å². The molecule has 0 saturated carbocycles. The van der Waals surface area contributed by atoms with E-state index in [1.807, 2.05) is 6.08 Å². The molecule has 3 N–H and O–H groups in total. The van der Waals surface area contributed by atoms with Gasteiger partial charge < -0.3 is 20.3 Å². The maximum atomic E-state index is 12.4. The van der Waals surface area contributed by atoms with Gasteiger partial charge in [-0.3, -0.25) is 9.59 Å². The summed E-state index contributed by atoms with van der Waals surface area (Å²) in [4.78, 5) is 24.5. The fourth-order valence-electron chi connectivity index (χ4n) is 11.2. The SMILES string of the molecule is CCCC/C=C\C/C=C\CCCCCCCC(=O)OCCCCCCCCCCCCCCCCCCCCCCCCCCCCCCCCCCCCCCCCCC(=O)NC(CO)C(O)/C=C/CCCCCCCCC. The van der Waals surface area contributed by atoms with Crippen LogP contribution in [0.4, 0.5) is 0 Å². The van der Waals surface area contributed by atoms with Gasteiger partial charge in [0.05, 0.1) is 25.4 Å². The van der Waals surface area contributed by atoms with Crippen LogP contribution in [-0.2, 0) is 14.3 Å². The predicted molar refractivity (Wildman–Crippen MR) is 347 cm³/mol. The quantitative estimate of drug-likeness (QED) is 0.0320. The number of nitrogens with one attached hydrogen (secondary N) is 1. The number of ether oxygens (including phenoxy) is 1. The molecular formula is C73H139NO5. The van der Waals surface area contributed by atoms with Crippen LogP contribution in [0.25, 0.3) is 0 Å². The molecule has 2 atom stereocenters. The minimum atomic E-state index is -0.837. The molecule has 0 aliphatic carbocycles. The lowest BCUT2D eigenvalue weighted by Gasteiger charge is -2.20. The Kier molecular flexibility index (Phi) is 66.9. The van der Waals surface area contributed by atoms with Crippen molar-refractivity contribution in [3.05, 3.63) is 36.5 Å². The molecule has 0 aromatic heterocycles. The summed E-state index contributed by atoms with van der Waals surface area (Å²) in [5.41, 5.74) is 0. The van der Waals surface area contributed by atoms with Crippen molar-refractivity contribution in [3.63, 3.8) is 0 Å². The van der Waals surface area contributed by atoms with Crippen molar-refractivity contribution in [1.29, 1.82) is 0 Å². The number of carbonyl (C=O) groups is 2. The zero-order chi connectivity index (χ0) is 57.1. The second kappa shape index (κ2) is 68.6. The third-order valence-corrected chi connectivity index (χ3v) is 16.7.